The van der Waals surface area contributed by atoms with Gasteiger partial charge in [-0.1, -0.05) is 94.6 Å². The Kier molecular flexibility index (Phi) is 19.8. The Bertz CT molecular complexity index is 2310. The van der Waals surface area contributed by atoms with Gasteiger partial charge in [-0.25, -0.2) is 9.59 Å². The lowest BCUT2D eigenvalue weighted by Gasteiger charge is -2.22. The van der Waals surface area contributed by atoms with Crippen LogP contribution < -0.4 is 20.7 Å². The number of benzene rings is 4. The molecule has 0 saturated carbocycles. The fraction of sp³-hybridized carbons (Fsp3) is 0.429. The van der Waals surface area contributed by atoms with Crippen LogP contribution in [0.2, 0.25) is 0 Å². The van der Waals surface area contributed by atoms with E-state index < -0.39 is 0 Å². The third-order valence-corrected chi connectivity index (χ3v) is 12.0. The van der Waals surface area contributed by atoms with Gasteiger partial charge in [-0.2, -0.15) is 0 Å². The van der Waals surface area contributed by atoms with Crippen LogP contribution in [0.15, 0.2) is 128 Å². The minimum atomic E-state index is -0.375. The van der Waals surface area contributed by atoms with Gasteiger partial charge >= 0.3 is 11.3 Å². The van der Waals surface area contributed by atoms with Gasteiger partial charge in [0.05, 0.1) is 49.9 Å². The minimum Gasteiger partial charge on any atom is -0.502 e. The van der Waals surface area contributed by atoms with Crippen molar-refractivity contribution in [3.63, 3.8) is 0 Å². The Labute approximate surface area is 384 Å². The zero-order valence-electron chi connectivity index (χ0n) is 38.5. The molecule has 0 amide bonds. The smallest absolute Gasteiger partial charge is 0.344 e. The van der Waals surface area contributed by atoms with E-state index in [0.717, 1.165) is 92.5 Å². The number of unbranched alkanes of at least 4 members (excludes halogenated alkanes) is 5. The van der Waals surface area contributed by atoms with E-state index >= 15 is 0 Å². The van der Waals surface area contributed by atoms with E-state index in [-0.39, 0.29) is 29.9 Å². The van der Waals surface area contributed by atoms with E-state index in [2.05, 4.69) is 44.7 Å². The van der Waals surface area contributed by atoms with E-state index in [1.807, 2.05) is 60.7 Å². The predicted molar refractivity (Wildman–Crippen MR) is 262 cm³/mol. The van der Waals surface area contributed by atoms with Gasteiger partial charge in [0, 0.05) is 35.4 Å². The highest BCUT2D eigenvalue weighted by atomic mass is 16.5. The largest absolute Gasteiger partial charge is 0.502 e. The van der Waals surface area contributed by atoms with Crippen molar-refractivity contribution >= 4 is 21.9 Å². The van der Waals surface area contributed by atoms with Crippen molar-refractivity contribution in [2.24, 2.45) is 5.92 Å². The van der Waals surface area contributed by atoms with Crippen LogP contribution in [0.4, 0.5) is 0 Å². The molecule has 2 aromatic heterocycles. The van der Waals surface area contributed by atoms with Crippen LogP contribution in [0.3, 0.4) is 0 Å². The van der Waals surface area contributed by atoms with Crippen LogP contribution in [0.25, 0.3) is 44.2 Å². The molecule has 0 aliphatic carbocycles. The van der Waals surface area contributed by atoms with Gasteiger partial charge in [0.15, 0.2) is 0 Å². The molecule has 6 rings (SSSR count). The maximum Gasteiger partial charge on any atom is 0.344 e. The summed E-state index contributed by atoms with van der Waals surface area (Å²) in [6.45, 7) is 10.0. The molecule has 0 aliphatic rings. The van der Waals surface area contributed by atoms with Crippen LogP contribution in [-0.2, 0) is 22.3 Å². The van der Waals surface area contributed by atoms with Crippen molar-refractivity contribution in [3.8, 4) is 33.8 Å². The number of fused-ring (bicyclic) bond motifs is 2. The SMILES string of the molecule is C=COCCCCC(CO)COC(CCCOc1ccc2cc(-c3ccc(CCCCC)cc3)c(=O)oc2c1)CCCOc1ccc2cc(-c3ccc(CCCCC)cc3)c(=O)oc2c1. The zero-order valence-corrected chi connectivity index (χ0v) is 38.5. The fourth-order valence-corrected chi connectivity index (χ4v) is 8.14. The monoisotopic (exact) mass is 884 g/mol. The molecule has 1 N–H and O–H groups in total. The number of aryl methyl sites for hydroxylation is 2. The first-order valence-corrected chi connectivity index (χ1v) is 23.9. The van der Waals surface area contributed by atoms with Crippen molar-refractivity contribution in [2.75, 3.05) is 33.0 Å². The summed E-state index contributed by atoms with van der Waals surface area (Å²) in [4.78, 5) is 26.2. The third-order valence-electron chi connectivity index (χ3n) is 12.0. The average Bonchev–Trinajstić information content (AvgIpc) is 3.32. The lowest BCUT2D eigenvalue weighted by Crippen LogP contribution is -2.22. The van der Waals surface area contributed by atoms with Crippen molar-refractivity contribution in [3.05, 3.63) is 142 Å². The number of hydrogen-bond donors (Lipinski definition) is 1. The molecule has 346 valence electrons. The Morgan fingerprint density at radius 1 is 0.585 bits per heavy atom. The quantitative estimate of drug-likeness (QED) is 0.0268. The number of ether oxygens (including phenoxy) is 4. The minimum absolute atomic E-state index is 0.0269. The molecule has 2 heterocycles. The van der Waals surface area contributed by atoms with E-state index in [1.54, 1.807) is 12.1 Å². The molecular formula is C56H68O9. The Hall–Kier alpha value is -5.64. The second-order valence-electron chi connectivity index (χ2n) is 17.1. The third kappa shape index (κ3) is 15.2. The van der Waals surface area contributed by atoms with Crippen molar-refractivity contribution in [2.45, 2.75) is 116 Å². The number of aliphatic hydroxyl groups excluding tert-OH is 1. The van der Waals surface area contributed by atoms with E-state index in [1.165, 1.54) is 43.1 Å². The summed E-state index contributed by atoms with van der Waals surface area (Å²) in [5, 5.41) is 11.8. The van der Waals surface area contributed by atoms with Crippen LogP contribution in [0.1, 0.15) is 108 Å². The molecule has 65 heavy (non-hydrogen) atoms. The topological polar surface area (TPSA) is 118 Å². The first-order chi connectivity index (χ1) is 31.9. The second-order valence-corrected chi connectivity index (χ2v) is 17.1. The van der Waals surface area contributed by atoms with Crippen molar-refractivity contribution in [1.29, 1.82) is 0 Å². The maximum atomic E-state index is 13.1. The maximum absolute atomic E-state index is 13.1. The van der Waals surface area contributed by atoms with Crippen LogP contribution in [0.5, 0.6) is 11.5 Å². The lowest BCUT2D eigenvalue weighted by atomic mass is 10.0. The summed E-state index contributed by atoms with van der Waals surface area (Å²) in [7, 11) is 0. The highest BCUT2D eigenvalue weighted by Crippen LogP contribution is 2.28. The number of aliphatic hydroxyl groups is 1. The summed E-state index contributed by atoms with van der Waals surface area (Å²) in [6.07, 6.45) is 16.2. The van der Waals surface area contributed by atoms with Crippen LogP contribution >= 0.6 is 0 Å². The molecule has 0 radical (unpaired) electrons. The van der Waals surface area contributed by atoms with Crippen molar-refractivity contribution < 1.29 is 32.9 Å². The summed E-state index contributed by atoms with van der Waals surface area (Å²) in [6, 6.07) is 31.4. The van der Waals surface area contributed by atoms with Crippen LogP contribution in [0, 0.1) is 5.92 Å². The molecule has 0 saturated heterocycles. The van der Waals surface area contributed by atoms with Gasteiger partial charge in [-0.3, -0.25) is 0 Å². The van der Waals surface area contributed by atoms with Gasteiger partial charge in [-0.05, 0) is 129 Å². The van der Waals surface area contributed by atoms with E-state index in [4.69, 9.17) is 27.8 Å². The molecule has 0 bridgehead atoms. The summed E-state index contributed by atoms with van der Waals surface area (Å²) < 4.78 is 35.6. The van der Waals surface area contributed by atoms with E-state index in [0.29, 0.717) is 60.2 Å². The molecule has 9 nitrogen and oxygen atoms in total. The fourth-order valence-electron chi connectivity index (χ4n) is 8.14. The van der Waals surface area contributed by atoms with Crippen molar-refractivity contribution in [1.82, 2.24) is 0 Å². The molecule has 6 aromatic rings. The molecular weight excluding hydrogens is 817 g/mol. The van der Waals surface area contributed by atoms with Gasteiger partial charge in [-0.15, -0.1) is 0 Å². The predicted octanol–water partition coefficient (Wildman–Crippen LogP) is 13.0. The second kappa shape index (κ2) is 26.4. The molecule has 1 unspecified atom stereocenters. The highest BCUT2D eigenvalue weighted by Gasteiger charge is 2.16. The normalized spacial score (nSPS) is 11.9. The molecule has 0 fully saturated rings. The first kappa shape index (κ1) is 48.8. The Morgan fingerprint density at radius 2 is 1.09 bits per heavy atom. The van der Waals surface area contributed by atoms with Gasteiger partial charge < -0.3 is 32.9 Å². The zero-order chi connectivity index (χ0) is 45.6. The van der Waals surface area contributed by atoms with Gasteiger partial charge in [0.1, 0.15) is 22.7 Å². The average molecular weight is 885 g/mol. The highest BCUT2D eigenvalue weighted by molar-refractivity contribution is 5.83. The van der Waals surface area contributed by atoms with Gasteiger partial charge in [0.2, 0.25) is 0 Å². The molecule has 4 aromatic carbocycles. The number of rotatable bonds is 30. The molecule has 1 atom stereocenters. The molecule has 0 spiro atoms. The Morgan fingerprint density at radius 3 is 1.55 bits per heavy atom. The summed E-state index contributed by atoms with van der Waals surface area (Å²) in [5.41, 5.74) is 5.54. The van der Waals surface area contributed by atoms with Gasteiger partial charge in [0.25, 0.3) is 0 Å². The molecule has 9 heteroatoms. The van der Waals surface area contributed by atoms with E-state index in [9.17, 15) is 14.7 Å². The lowest BCUT2D eigenvalue weighted by molar-refractivity contribution is -0.000896. The van der Waals surface area contributed by atoms with Crippen LogP contribution in [-0.4, -0.2) is 44.2 Å². The Balaban J connectivity index is 1.02. The molecule has 0 aliphatic heterocycles. The summed E-state index contributed by atoms with van der Waals surface area (Å²) in [5.74, 6) is 1.29. The standard InChI is InChI=1S/C56H68O9/c1-4-7-9-15-41-20-24-44(25-21-41)51-35-46-28-30-49(37-53(46)64-55(51)58)61-33-13-18-48(63-40-43(39-57)17-11-12-32-60-6-3)19-14-34-62-50-31-29-47-36-52(56(59)65-54(47)38-50)45-26-22-42(23-27-45)16-10-8-5-2/h6,20-31,35-38,43,48,57H,3-5,7-19,32-34,39-40H2,1-2H3. The number of hydrogen-bond acceptors (Lipinski definition) is 9. The first-order valence-electron chi connectivity index (χ1n) is 23.9. The summed E-state index contributed by atoms with van der Waals surface area (Å²) >= 11 is 0.